The van der Waals surface area contributed by atoms with Gasteiger partial charge in [-0.1, -0.05) is 0 Å². The highest BCUT2D eigenvalue weighted by Crippen LogP contribution is 2.24. The summed E-state index contributed by atoms with van der Waals surface area (Å²) >= 11 is 0. The van der Waals surface area contributed by atoms with Gasteiger partial charge in [0.25, 0.3) is 5.91 Å². The number of carbonyl (C=O) groups excluding carboxylic acids is 1. The number of likely N-dealkylation sites (N-methyl/N-ethyl adjacent to an activating group) is 1. The van der Waals surface area contributed by atoms with Crippen LogP contribution < -0.4 is 0 Å². The van der Waals surface area contributed by atoms with E-state index in [9.17, 15) is 15.0 Å². The molecule has 0 spiro atoms. The number of hydrogen-bond donors (Lipinski definition) is 2. The van der Waals surface area contributed by atoms with Gasteiger partial charge < -0.3 is 15.1 Å². The minimum Gasteiger partial charge on any atom is -0.390 e. The molecule has 1 aromatic rings. The van der Waals surface area contributed by atoms with E-state index < -0.39 is 12.2 Å². The Bertz CT molecular complexity index is 432. The van der Waals surface area contributed by atoms with E-state index in [4.69, 9.17) is 0 Å². The maximum atomic E-state index is 12.3. The quantitative estimate of drug-likeness (QED) is 0.763. The lowest BCUT2D eigenvalue weighted by Gasteiger charge is -2.37. The smallest absolute Gasteiger partial charge is 0.272 e. The first-order valence-corrected chi connectivity index (χ1v) is 6.13. The van der Waals surface area contributed by atoms with Gasteiger partial charge in [-0.05, 0) is 25.3 Å². The zero-order valence-electron chi connectivity index (χ0n) is 10.7. The molecular formula is C12H19N3O3. The molecule has 1 fully saturated rings. The molecule has 0 aliphatic heterocycles. The topological polar surface area (TPSA) is 78.6 Å². The first-order chi connectivity index (χ1) is 8.52. The molecule has 1 aliphatic carbocycles. The van der Waals surface area contributed by atoms with E-state index in [0.717, 1.165) is 6.42 Å². The molecule has 1 aromatic heterocycles. The second kappa shape index (κ2) is 5.07. The van der Waals surface area contributed by atoms with E-state index in [2.05, 4.69) is 5.10 Å². The van der Waals surface area contributed by atoms with Gasteiger partial charge in [0.2, 0.25) is 0 Å². The zero-order valence-corrected chi connectivity index (χ0v) is 10.7. The summed E-state index contributed by atoms with van der Waals surface area (Å²) < 4.78 is 1.50. The Balaban J connectivity index is 2.13. The summed E-state index contributed by atoms with van der Waals surface area (Å²) in [6.07, 6.45) is 2.05. The van der Waals surface area contributed by atoms with Gasteiger partial charge in [0.15, 0.2) is 0 Å². The van der Waals surface area contributed by atoms with Crippen molar-refractivity contribution in [2.24, 2.45) is 7.05 Å². The van der Waals surface area contributed by atoms with E-state index in [0.29, 0.717) is 18.5 Å². The third-order valence-electron chi connectivity index (χ3n) is 3.65. The van der Waals surface area contributed by atoms with Crippen LogP contribution in [-0.2, 0) is 7.05 Å². The van der Waals surface area contributed by atoms with E-state index in [1.54, 1.807) is 26.4 Å². The molecule has 0 saturated heterocycles. The lowest BCUT2D eigenvalue weighted by Crippen LogP contribution is -2.52. The Morgan fingerprint density at radius 2 is 2.22 bits per heavy atom. The Morgan fingerprint density at radius 1 is 1.50 bits per heavy atom. The van der Waals surface area contributed by atoms with E-state index >= 15 is 0 Å². The maximum Gasteiger partial charge on any atom is 0.272 e. The van der Waals surface area contributed by atoms with Crippen LogP contribution in [0.5, 0.6) is 0 Å². The van der Waals surface area contributed by atoms with Crippen molar-refractivity contribution < 1.29 is 15.0 Å². The monoisotopic (exact) mass is 253 g/mol. The summed E-state index contributed by atoms with van der Waals surface area (Å²) in [6.45, 7) is 0. The first kappa shape index (κ1) is 13.0. The van der Waals surface area contributed by atoms with Crippen molar-refractivity contribution in [1.29, 1.82) is 0 Å². The Morgan fingerprint density at radius 3 is 2.83 bits per heavy atom. The van der Waals surface area contributed by atoms with Gasteiger partial charge in [-0.25, -0.2) is 0 Å². The molecule has 18 heavy (non-hydrogen) atoms. The highest BCUT2D eigenvalue weighted by molar-refractivity contribution is 5.92. The standard InChI is InChI=1S/C12H19N3O3/c1-14(8-4-3-5-10(16)11(8)17)12(18)9-6-7-13-15(9)2/h6-8,10-11,16-17H,3-5H2,1-2H3/t8-,10-,11-/m1/s1. The predicted molar refractivity (Wildman–Crippen MR) is 65.0 cm³/mol. The van der Waals surface area contributed by atoms with Crippen LogP contribution in [0.25, 0.3) is 0 Å². The van der Waals surface area contributed by atoms with E-state index in [1.165, 1.54) is 9.58 Å². The van der Waals surface area contributed by atoms with Gasteiger partial charge in [-0.2, -0.15) is 5.10 Å². The minimum atomic E-state index is -0.874. The number of amides is 1. The highest BCUT2D eigenvalue weighted by atomic mass is 16.3. The third-order valence-corrected chi connectivity index (χ3v) is 3.65. The summed E-state index contributed by atoms with van der Waals surface area (Å²) in [5, 5.41) is 23.6. The molecule has 2 rings (SSSR count). The van der Waals surface area contributed by atoms with Gasteiger partial charge in [0.1, 0.15) is 11.8 Å². The second-order valence-electron chi connectivity index (χ2n) is 4.81. The molecule has 2 N–H and O–H groups in total. The van der Waals surface area contributed by atoms with Crippen molar-refractivity contribution in [2.45, 2.75) is 37.5 Å². The molecule has 1 heterocycles. The van der Waals surface area contributed by atoms with Crippen LogP contribution in [0.1, 0.15) is 29.8 Å². The summed E-state index contributed by atoms with van der Waals surface area (Å²) in [5.41, 5.74) is 0.477. The molecule has 1 saturated carbocycles. The normalized spacial score (nSPS) is 28.1. The first-order valence-electron chi connectivity index (χ1n) is 6.13. The van der Waals surface area contributed by atoms with Crippen molar-refractivity contribution in [2.75, 3.05) is 7.05 Å². The number of aliphatic hydroxyl groups excluding tert-OH is 2. The number of aliphatic hydroxyl groups is 2. The van der Waals surface area contributed by atoms with E-state index in [1.807, 2.05) is 0 Å². The number of aryl methyl sites for hydroxylation is 1. The molecular weight excluding hydrogens is 234 g/mol. The molecule has 3 atom stereocenters. The van der Waals surface area contributed by atoms with Crippen LogP contribution in [0.4, 0.5) is 0 Å². The van der Waals surface area contributed by atoms with Crippen molar-refractivity contribution in [3.63, 3.8) is 0 Å². The summed E-state index contributed by atoms with van der Waals surface area (Å²) in [6, 6.07) is 1.31. The summed E-state index contributed by atoms with van der Waals surface area (Å²) in [7, 11) is 3.36. The number of carbonyl (C=O) groups is 1. The van der Waals surface area contributed by atoms with E-state index in [-0.39, 0.29) is 11.9 Å². The van der Waals surface area contributed by atoms with Crippen molar-refractivity contribution in [3.05, 3.63) is 18.0 Å². The van der Waals surface area contributed by atoms with Gasteiger partial charge >= 0.3 is 0 Å². The van der Waals surface area contributed by atoms with Gasteiger partial charge in [0, 0.05) is 20.3 Å². The molecule has 0 aromatic carbocycles. The summed E-state index contributed by atoms with van der Waals surface area (Å²) in [4.78, 5) is 13.8. The average Bonchev–Trinajstić information content (AvgIpc) is 2.77. The Hall–Kier alpha value is -1.40. The molecule has 1 aliphatic rings. The van der Waals surface area contributed by atoms with Crippen LogP contribution in [0.2, 0.25) is 0 Å². The van der Waals surface area contributed by atoms with Crippen LogP contribution in [-0.4, -0.2) is 56.1 Å². The SMILES string of the molecule is CN(C(=O)c1ccnn1C)[C@@H]1CCC[C@@H](O)[C@@H]1O. The van der Waals surface area contributed by atoms with Gasteiger partial charge in [-0.15, -0.1) is 0 Å². The van der Waals surface area contributed by atoms with Crippen LogP contribution in [0.3, 0.4) is 0 Å². The molecule has 100 valence electrons. The third kappa shape index (κ3) is 2.26. The lowest BCUT2D eigenvalue weighted by molar-refractivity contribution is -0.0528. The molecule has 6 heteroatoms. The number of hydrogen-bond acceptors (Lipinski definition) is 4. The largest absolute Gasteiger partial charge is 0.390 e. The Labute approximate surface area is 106 Å². The van der Waals surface area contributed by atoms with Crippen LogP contribution in [0.15, 0.2) is 12.3 Å². The summed E-state index contributed by atoms with van der Waals surface area (Å²) in [5.74, 6) is -0.187. The molecule has 0 bridgehead atoms. The van der Waals surface area contributed by atoms with Crippen molar-refractivity contribution >= 4 is 5.91 Å². The van der Waals surface area contributed by atoms with Crippen LogP contribution in [0, 0.1) is 0 Å². The van der Waals surface area contributed by atoms with Crippen LogP contribution >= 0.6 is 0 Å². The molecule has 0 unspecified atom stereocenters. The van der Waals surface area contributed by atoms with Crippen molar-refractivity contribution in [3.8, 4) is 0 Å². The highest BCUT2D eigenvalue weighted by Gasteiger charge is 2.35. The second-order valence-corrected chi connectivity index (χ2v) is 4.81. The predicted octanol–water partition coefficient (Wildman–Crippen LogP) is -0.234. The van der Waals surface area contributed by atoms with Gasteiger partial charge in [-0.3, -0.25) is 9.48 Å². The molecule has 0 radical (unpaired) electrons. The lowest BCUT2D eigenvalue weighted by atomic mass is 9.89. The van der Waals surface area contributed by atoms with Gasteiger partial charge in [0.05, 0.1) is 12.1 Å². The maximum absolute atomic E-state index is 12.3. The average molecular weight is 253 g/mol. The fraction of sp³-hybridized carbons (Fsp3) is 0.667. The number of rotatable bonds is 2. The fourth-order valence-electron chi connectivity index (χ4n) is 2.47. The fourth-order valence-corrected chi connectivity index (χ4v) is 2.47. The Kier molecular flexibility index (Phi) is 3.68. The number of nitrogens with zero attached hydrogens (tertiary/aromatic N) is 3. The number of aromatic nitrogens is 2. The molecule has 1 amide bonds. The van der Waals surface area contributed by atoms with Crippen molar-refractivity contribution in [1.82, 2.24) is 14.7 Å². The molecule has 6 nitrogen and oxygen atoms in total. The minimum absolute atomic E-state index is 0.187. The zero-order chi connectivity index (χ0) is 13.3.